The molecular formula is C15H18N2O2S. The summed E-state index contributed by atoms with van der Waals surface area (Å²) in [4.78, 5) is 14.8. The molecule has 1 unspecified atom stereocenters. The van der Waals surface area contributed by atoms with Crippen LogP contribution < -0.4 is 10.5 Å². The Labute approximate surface area is 122 Å². The van der Waals surface area contributed by atoms with Crippen LogP contribution in [-0.4, -0.2) is 25.0 Å². The summed E-state index contributed by atoms with van der Waals surface area (Å²) in [5.74, 6) is 0.691. The molecule has 20 heavy (non-hydrogen) atoms. The number of nitrogens with two attached hydrogens (primary N) is 1. The first kappa shape index (κ1) is 14.4. The Bertz CT molecular complexity index is 609. The first-order chi connectivity index (χ1) is 9.52. The predicted octanol–water partition coefficient (Wildman–Crippen LogP) is 3.17. The molecule has 0 aliphatic rings. The van der Waals surface area contributed by atoms with Crippen molar-refractivity contribution in [3.63, 3.8) is 0 Å². The molecule has 2 aromatic rings. The SMILES string of the molecule is COc1csc(C(=O)N(C)C(C)c2cccc(N)c2)c1. The van der Waals surface area contributed by atoms with E-state index < -0.39 is 0 Å². The second kappa shape index (κ2) is 5.96. The van der Waals surface area contributed by atoms with Gasteiger partial charge < -0.3 is 15.4 Å². The van der Waals surface area contributed by atoms with E-state index in [9.17, 15) is 4.79 Å². The topological polar surface area (TPSA) is 55.6 Å². The highest BCUT2D eigenvalue weighted by Crippen LogP contribution is 2.26. The number of benzene rings is 1. The van der Waals surface area contributed by atoms with Gasteiger partial charge >= 0.3 is 0 Å². The van der Waals surface area contributed by atoms with Crippen LogP contribution in [0.1, 0.15) is 28.2 Å². The van der Waals surface area contributed by atoms with Gasteiger partial charge in [-0.3, -0.25) is 4.79 Å². The molecular weight excluding hydrogens is 272 g/mol. The van der Waals surface area contributed by atoms with Gasteiger partial charge in [-0.15, -0.1) is 11.3 Å². The number of hydrogen-bond donors (Lipinski definition) is 1. The molecule has 1 amide bonds. The average Bonchev–Trinajstić information content (AvgIpc) is 2.93. The first-order valence-corrected chi connectivity index (χ1v) is 7.16. The Hall–Kier alpha value is -2.01. The number of nitrogens with zero attached hydrogens (tertiary/aromatic N) is 1. The van der Waals surface area contributed by atoms with Crippen LogP contribution in [0, 0.1) is 0 Å². The van der Waals surface area contributed by atoms with Gasteiger partial charge in [0.2, 0.25) is 0 Å². The third kappa shape index (κ3) is 2.93. The van der Waals surface area contributed by atoms with E-state index in [0.29, 0.717) is 16.3 Å². The monoisotopic (exact) mass is 290 g/mol. The zero-order valence-corrected chi connectivity index (χ0v) is 12.6. The van der Waals surface area contributed by atoms with E-state index in [1.165, 1.54) is 11.3 Å². The Balaban J connectivity index is 2.17. The number of rotatable bonds is 4. The van der Waals surface area contributed by atoms with E-state index in [1.54, 1.807) is 25.1 Å². The highest BCUT2D eigenvalue weighted by Gasteiger charge is 2.20. The Morgan fingerprint density at radius 1 is 1.40 bits per heavy atom. The third-order valence-corrected chi connectivity index (χ3v) is 4.21. The molecule has 1 aromatic carbocycles. The lowest BCUT2D eigenvalue weighted by Gasteiger charge is -2.25. The molecule has 0 saturated heterocycles. The van der Waals surface area contributed by atoms with E-state index in [0.717, 1.165) is 5.56 Å². The van der Waals surface area contributed by atoms with Crippen molar-refractivity contribution in [1.82, 2.24) is 4.90 Å². The molecule has 0 bridgehead atoms. The molecule has 0 aliphatic heterocycles. The van der Waals surface area contributed by atoms with Gasteiger partial charge in [0.25, 0.3) is 5.91 Å². The van der Waals surface area contributed by atoms with Crippen LogP contribution in [0.25, 0.3) is 0 Å². The smallest absolute Gasteiger partial charge is 0.264 e. The number of thiophene rings is 1. The first-order valence-electron chi connectivity index (χ1n) is 6.28. The Morgan fingerprint density at radius 3 is 2.75 bits per heavy atom. The van der Waals surface area contributed by atoms with Gasteiger partial charge in [0.05, 0.1) is 18.0 Å². The molecule has 0 aliphatic carbocycles. The van der Waals surface area contributed by atoms with Crippen LogP contribution in [0.2, 0.25) is 0 Å². The number of amides is 1. The molecule has 0 saturated carbocycles. The van der Waals surface area contributed by atoms with Gasteiger partial charge in [-0.1, -0.05) is 12.1 Å². The van der Waals surface area contributed by atoms with Gasteiger partial charge in [-0.25, -0.2) is 0 Å². The quantitative estimate of drug-likeness (QED) is 0.880. The number of methoxy groups -OCH3 is 1. The Kier molecular flexibility index (Phi) is 4.29. The van der Waals surface area contributed by atoms with Crippen molar-refractivity contribution >= 4 is 22.9 Å². The molecule has 1 aromatic heterocycles. The predicted molar refractivity (Wildman–Crippen MR) is 82.2 cm³/mol. The number of nitrogen functional groups attached to an aromatic ring is 1. The van der Waals surface area contributed by atoms with E-state index >= 15 is 0 Å². The highest BCUT2D eigenvalue weighted by molar-refractivity contribution is 7.12. The van der Waals surface area contributed by atoms with Crippen molar-refractivity contribution in [3.05, 3.63) is 46.2 Å². The van der Waals surface area contributed by atoms with Gasteiger partial charge in [-0.05, 0) is 24.6 Å². The minimum absolute atomic E-state index is 0.0202. The summed E-state index contributed by atoms with van der Waals surface area (Å²) < 4.78 is 5.11. The fourth-order valence-corrected chi connectivity index (χ4v) is 2.77. The van der Waals surface area contributed by atoms with Crippen molar-refractivity contribution in [2.24, 2.45) is 0 Å². The Morgan fingerprint density at radius 2 is 2.15 bits per heavy atom. The van der Waals surface area contributed by atoms with E-state index in [4.69, 9.17) is 10.5 Å². The summed E-state index contributed by atoms with van der Waals surface area (Å²) in [6.07, 6.45) is 0. The summed E-state index contributed by atoms with van der Waals surface area (Å²) >= 11 is 1.39. The van der Waals surface area contributed by atoms with Crippen LogP contribution in [0.15, 0.2) is 35.7 Å². The molecule has 0 spiro atoms. The molecule has 4 nitrogen and oxygen atoms in total. The lowest BCUT2D eigenvalue weighted by molar-refractivity contribution is 0.0747. The minimum Gasteiger partial charge on any atom is -0.496 e. The minimum atomic E-state index is -0.0425. The zero-order chi connectivity index (χ0) is 14.7. The van der Waals surface area contributed by atoms with Crippen molar-refractivity contribution < 1.29 is 9.53 Å². The summed E-state index contributed by atoms with van der Waals surface area (Å²) in [5.41, 5.74) is 7.51. The van der Waals surface area contributed by atoms with E-state index in [1.807, 2.05) is 36.6 Å². The number of hydrogen-bond acceptors (Lipinski definition) is 4. The average molecular weight is 290 g/mol. The molecule has 5 heteroatoms. The molecule has 2 rings (SSSR count). The van der Waals surface area contributed by atoms with Gasteiger partial charge in [0.15, 0.2) is 0 Å². The van der Waals surface area contributed by atoms with Crippen LogP contribution >= 0.6 is 11.3 Å². The molecule has 1 heterocycles. The van der Waals surface area contributed by atoms with Crippen LogP contribution in [0.4, 0.5) is 5.69 Å². The number of carbonyl (C=O) groups is 1. The second-order valence-corrected chi connectivity index (χ2v) is 5.52. The number of carbonyl (C=O) groups excluding carboxylic acids is 1. The van der Waals surface area contributed by atoms with Gasteiger partial charge in [-0.2, -0.15) is 0 Å². The molecule has 0 fully saturated rings. The van der Waals surface area contributed by atoms with Gasteiger partial charge in [0, 0.05) is 24.2 Å². The summed E-state index contributed by atoms with van der Waals surface area (Å²) in [6, 6.07) is 9.31. The normalized spacial score (nSPS) is 11.9. The lowest BCUT2D eigenvalue weighted by atomic mass is 10.1. The largest absolute Gasteiger partial charge is 0.496 e. The van der Waals surface area contributed by atoms with Crippen molar-refractivity contribution in [2.75, 3.05) is 19.9 Å². The maximum Gasteiger partial charge on any atom is 0.264 e. The number of anilines is 1. The second-order valence-electron chi connectivity index (χ2n) is 4.61. The molecule has 0 radical (unpaired) electrons. The van der Waals surface area contributed by atoms with Crippen molar-refractivity contribution in [3.8, 4) is 5.75 Å². The third-order valence-electron chi connectivity index (χ3n) is 3.32. The zero-order valence-electron chi connectivity index (χ0n) is 11.8. The molecule has 1 atom stereocenters. The van der Waals surface area contributed by atoms with E-state index in [-0.39, 0.29) is 11.9 Å². The number of ether oxygens (including phenoxy) is 1. The summed E-state index contributed by atoms with van der Waals surface area (Å²) in [6.45, 7) is 1.98. The van der Waals surface area contributed by atoms with Crippen LogP contribution in [0.3, 0.4) is 0 Å². The maximum atomic E-state index is 12.4. The fraction of sp³-hybridized carbons (Fsp3) is 0.267. The van der Waals surface area contributed by atoms with Gasteiger partial charge in [0.1, 0.15) is 5.75 Å². The molecule has 2 N–H and O–H groups in total. The summed E-state index contributed by atoms with van der Waals surface area (Å²) in [7, 11) is 3.39. The van der Waals surface area contributed by atoms with Crippen LogP contribution in [0.5, 0.6) is 5.75 Å². The lowest BCUT2D eigenvalue weighted by Crippen LogP contribution is -2.29. The van der Waals surface area contributed by atoms with E-state index in [2.05, 4.69) is 0 Å². The summed E-state index contributed by atoms with van der Waals surface area (Å²) in [5, 5.41) is 1.83. The van der Waals surface area contributed by atoms with Crippen molar-refractivity contribution in [1.29, 1.82) is 0 Å². The van der Waals surface area contributed by atoms with Crippen molar-refractivity contribution in [2.45, 2.75) is 13.0 Å². The fourth-order valence-electron chi connectivity index (χ4n) is 1.93. The van der Waals surface area contributed by atoms with Crippen LogP contribution in [-0.2, 0) is 0 Å². The molecule has 106 valence electrons. The highest BCUT2D eigenvalue weighted by atomic mass is 32.1. The standard InChI is InChI=1S/C15H18N2O2S/c1-10(11-5-4-6-12(16)7-11)17(2)15(18)14-8-13(19-3)9-20-14/h4-10H,16H2,1-3H3. The maximum absolute atomic E-state index is 12.4.